The van der Waals surface area contributed by atoms with Crippen LogP contribution < -0.4 is 0 Å². The fourth-order valence-electron chi connectivity index (χ4n) is 5.14. The number of carboxylic acids is 1. The fourth-order valence-corrected chi connectivity index (χ4v) is 5.72. The minimum Gasteiger partial charge on any atom is -0.481 e. The van der Waals surface area contributed by atoms with Crippen molar-refractivity contribution in [3.8, 4) is 0 Å². The number of hydrogen-bond donors (Lipinski definition) is 1. The molecule has 35 heavy (non-hydrogen) atoms. The summed E-state index contributed by atoms with van der Waals surface area (Å²) in [5.74, 6) is -1.16. The highest BCUT2D eigenvalue weighted by molar-refractivity contribution is 6.38. The predicted octanol–water partition coefficient (Wildman–Crippen LogP) is 5.20. The summed E-state index contributed by atoms with van der Waals surface area (Å²) in [6, 6.07) is 5.21. The molecule has 3 aromatic rings. The second-order valence-corrected chi connectivity index (χ2v) is 10.00. The molecule has 0 bridgehead atoms. The molecule has 1 aliphatic heterocycles. The molecule has 2 aliphatic rings. The van der Waals surface area contributed by atoms with Crippen molar-refractivity contribution in [3.05, 3.63) is 62.4 Å². The molecule has 0 spiro atoms. The summed E-state index contributed by atoms with van der Waals surface area (Å²) in [6.45, 7) is 2.30. The predicted molar refractivity (Wildman–Crippen MR) is 124 cm³/mol. The van der Waals surface area contributed by atoms with E-state index >= 15 is 0 Å². The van der Waals surface area contributed by atoms with Gasteiger partial charge in [-0.3, -0.25) is 9.59 Å². The van der Waals surface area contributed by atoms with Gasteiger partial charge in [0.15, 0.2) is 0 Å². The quantitative estimate of drug-likeness (QED) is 0.507. The molecular weight excluding hydrogens is 506 g/mol. The average molecular weight is 526 g/mol. The maximum Gasteiger partial charge on any atom is 0.416 e. The number of likely N-dealkylation sites (tertiary alicyclic amines) is 1. The molecular formula is C24H20Cl2F3N3O3. The van der Waals surface area contributed by atoms with Gasteiger partial charge in [0.25, 0.3) is 5.91 Å². The number of aliphatic carboxylic acids is 1. The number of aromatic nitrogens is 2. The van der Waals surface area contributed by atoms with Gasteiger partial charge < -0.3 is 14.6 Å². The van der Waals surface area contributed by atoms with Crippen molar-refractivity contribution >= 4 is 46.1 Å². The first-order valence-corrected chi connectivity index (χ1v) is 11.7. The summed E-state index contributed by atoms with van der Waals surface area (Å²) in [7, 11) is 1.62. The van der Waals surface area contributed by atoms with Crippen LogP contribution in [0.25, 0.3) is 11.0 Å². The van der Waals surface area contributed by atoms with Gasteiger partial charge in [0.2, 0.25) is 0 Å². The van der Waals surface area contributed by atoms with Gasteiger partial charge >= 0.3 is 12.1 Å². The first-order chi connectivity index (χ1) is 16.4. The van der Waals surface area contributed by atoms with Gasteiger partial charge in [-0.05, 0) is 54.2 Å². The second-order valence-electron chi connectivity index (χ2n) is 9.21. The number of hydrogen-bond acceptors (Lipinski definition) is 3. The zero-order valence-corrected chi connectivity index (χ0v) is 20.2. The lowest BCUT2D eigenvalue weighted by atomic mass is 10.1. The van der Waals surface area contributed by atoms with Crippen molar-refractivity contribution in [2.45, 2.75) is 19.5 Å². The summed E-state index contributed by atoms with van der Waals surface area (Å²) < 4.78 is 41.4. The van der Waals surface area contributed by atoms with Gasteiger partial charge in [0.05, 0.1) is 33.1 Å². The Morgan fingerprint density at radius 3 is 2.43 bits per heavy atom. The molecule has 3 atom stereocenters. The number of nitrogens with zero attached hydrogens (tertiary/aromatic N) is 3. The highest BCUT2D eigenvalue weighted by Gasteiger charge is 2.60. The van der Waals surface area contributed by atoms with Crippen LogP contribution in [0.5, 0.6) is 0 Å². The van der Waals surface area contributed by atoms with E-state index in [1.807, 2.05) is 0 Å². The Labute approximate surface area is 208 Å². The first-order valence-electron chi connectivity index (χ1n) is 10.9. The SMILES string of the molecule is Cc1cc(C(F)(F)F)cc2c1nc(Cc1c(Cl)ccc(C(=O)N3CC4[C@H](C3)[C@H]4C(=O)O)c1Cl)n2C. The number of amides is 1. The van der Waals surface area contributed by atoms with Crippen LogP contribution in [-0.2, 0) is 24.4 Å². The molecule has 1 unspecified atom stereocenters. The molecule has 1 N–H and O–H groups in total. The van der Waals surface area contributed by atoms with Crippen molar-refractivity contribution in [2.24, 2.45) is 24.8 Å². The Balaban J connectivity index is 1.45. The number of fused-ring (bicyclic) bond motifs is 2. The van der Waals surface area contributed by atoms with Crippen molar-refractivity contribution < 1.29 is 27.9 Å². The smallest absolute Gasteiger partial charge is 0.416 e. The van der Waals surface area contributed by atoms with Crippen LogP contribution in [-0.4, -0.2) is 44.5 Å². The number of carbonyl (C=O) groups excluding carboxylic acids is 1. The Hall–Kier alpha value is -2.78. The minimum atomic E-state index is -4.48. The number of imidazole rings is 1. The molecule has 1 amide bonds. The number of carboxylic acid groups (broad SMARTS) is 1. The number of halogens is 5. The molecule has 11 heteroatoms. The third kappa shape index (κ3) is 3.94. The summed E-state index contributed by atoms with van der Waals surface area (Å²) >= 11 is 13.0. The van der Waals surface area contributed by atoms with Crippen molar-refractivity contribution in [2.75, 3.05) is 13.1 Å². The van der Waals surface area contributed by atoms with E-state index in [2.05, 4.69) is 4.98 Å². The Kier molecular flexibility index (Phi) is 5.56. The lowest BCUT2D eigenvalue weighted by Gasteiger charge is -2.21. The minimum absolute atomic E-state index is 0.0353. The highest BCUT2D eigenvalue weighted by Crippen LogP contribution is 2.52. The van der Waals surface area contributed by atoms with E-state index in [4.69, 9.17) is 23.2 Å². The van der Waals surface area contributed by atoms with Crippen molar-refractivity contribution in [3.63, 3.8) is 0 Å². The van der Waals surface area contributed by atoms with Crippen LogP contribution in [0.1, 0.15) is 32.9 Å². The summed E-state index contributed by atoms with van der Waals surface area (Å²) in [4.78, 5) is 30.5. The van der Waals surface area contributed by atoms with E-state index in [0.29, 0.717) is 46.1 Å². The van der Waals surface area contributed by atoms with Gasteiger partial charge in [0.1, 0.15) is 5.82 Å². The number of aryl methyl sites for hydroxylation is 2. The average Bonchev–Trinajstić information content (AvgIpc) is 3.11. The largest absolute Gasteiger partial charge is 0.481 e. The number of piperidine rings is 1. The van der Waals surface area contributed by atoms with Crippen molar-refractivity contribution in [1.82, 2.24) is 14.5 Å². The maximum absolute atomic E-state index is 13.3. The van der Waals surface area contributed by atoms with Gasteiger partial charge in [-0.15, -0.1) is 0 Å². The molecule has 2 aromatic carbocycles. The van der Waals surface area contributed by atoms with E-state index in [-0.39, 0.29) is 34.7 Å². The monoisotopic (exact) mass is 525 g/mol. The standard InChI is InChI=1S/C24H20Cl2F3N3O3/c1-10-5-11(24(27,28)29)6-17-21(10)30-18(31(17)2)7-13-16(25)4-3-12(20(13)26)22(33)32-8-14-15(9-32)19(14)23(34)35/h3-6,14-15,19H,7-9H2,1-2H3,(H,34,35)/t14-,15?,19+/m0/s1. The summed E-state index contributed by atoms with van der Waals surface area (Å²) in [5, 5.41) is 9.65. The van der Waals surface area contributed by atoms with Gasteiger partial charge in [-0.1, -0.05) is 23.2 Å². The number of carbonyl (C=O) groups is 2. The summed E-state index contributed by atoms with van der Waals surface area (Å²) in [5.41, 5.74) is 1.10. The first kappa shape index (κ1) is 23.9. The van der Waals surface area contributed by atoms with E-state index in [0.717, 1.165) is 12.1 Å². The molecule has 184 valence electrons. The maximum atomic E-state index is 13.3. The Morgan fingerprint density at radius 2 is 1.83 bits per heavy atom. The normalized spacial score (nSPS) is 21.5. The highest BCUT2D eigenvalue weighted by atomic mass is 35.5. The third-order valence-electron chi connectivity index (χ3n) is 7.11. The van der Waals surface area contributed by atoms with E-state index in [1.54, 1.807) is 29.5 Å². The Bertz CT molecular complexity index is 1390. The molecule has 1 saturated heterocycles. The molecule has 0 radical (unpaired) electrons. The van der Waals surface area contributed by atoms with Crippen LogP contribution in [0.3, 0.4) is 0 Å². The third-order valence-corrected chi connectivity index (χ3v) is 7.90. The molecule has 1 aliphatic carbocycles. The zero-order chi connectivity index (χ0) is 25.4. The van der Waals surface area contributed by atoms with E-state index in [1.165, 1.54) is 6.07 Å². The summed E-state index contributed by atoms with van der Waals surface area (Å²) in [6.07, 6.45) is -4.37. The molecule has 1 saturated carbocycles. The van der Waals surface area contributed by atoms with Crippen LogP contribution in [0.2, 0.25) is 10.0 Å². The number of rotatable bonds is 4. The van der Waals surface area contributed by atoms with Gasteiger partial charge in [-0.25, -0.2) is 4.98 Å². The van der Waals surface area contributed by atoms with Crippen LogP contribution in [0.15, 0.2) is 24.3 Å². The molecule has 6 nitrogen and oxygen atoms in total. The Morgan fingerprint density at radius 1 is 1.17 bits per heavy atom. The lowest BCUT2D eigenvalue weighted by molar-refractivity contribution is -0.139. The van der Waals surface area contributed by atoms with Crippen LogP contribution >= 0.6 is 23.2 Å². The zero-order valence-electron chi connectivity index (χ0n) is 18.7. The molecule has 2 heterocycles. The van der Waals surface area contributed by atoms with E-state index in [9.17, 15) is 27.9 Å². The van der Waals surface area contributed by atoms with Crippen molar-refractivity contribution in [1.29, 1.82) is 0 Å². The van der Waals surface area contributed by atoms with E-state index < -0.39 is 23.6 Å². The molecule has 2 fully saturated rings. The second kappa shape index (κ2) is 8.13. The lowest BCUT2D eigenvalue weighted by Crippen LogP contribution is -2.32. The fraction of sp³-hybridized carbons (Fsp3) is 0.375. The van der Waals surface area contributed by atoms with Crippen LogP contribution in [0.4, 0.5) is 13.2 Å². The number of alkyl halides is 3. The topological polar surface area (TPSA) is 75.4 Å². The molecule has 1 aromatic heterocycles. The van der Waals surface area contributed by atoms with Crippen LogP contribution in [0, 0.1) is 24.7 Å². The molecule has 5 rings (SSSR count). The van der Waals surface area contributed by atoms with Gasteiger partial charge in [-0.2, -0.15) is 13.2 Å². The van der Waals surface area contributed by atoms with Gasteiger partial charge in [0, 0.05) is 31.6 Å². The number of benzene rings is 2.